The molecule has 0 aromatic carbocycles. The van der Waals surface area contributed by atoms with Gasteiger partial charge in [0, 0.05) is 6.04 Å². The highest BCUT2D eigenvalue weighted by Gasteiger charge is 2.31. The molecule has 0 bridgehead atoms. The summed E-state index contributed by atoms with van der Waals surface area (Å²) in [6.45, 7) is 2.06. The van der Waals surface area contributed by atoms with E-state index >= 15 is 0 Å². The van der Waals surface area contributed by atoms with Crippen LogP contribution < -0.4 is 5.73 Å². The van der Waals surface area contributed by atoms with Gasteiger partial charge in [-0.3, -0.25) is 0 Å². The van der Waals surface area contributed by atoms with Crippen LogP contribution in [0.15, 0.2) is 0 Å². The number of nitrogens with zero attached hydrogens (tertiary/aromatic N) is 1. The van der Waals surface area contributed by atoms with Gasteiger partial charge in [0.25, 0.3) is 0 Å². The third kappa shape index (κ3) is 3.68. The van der Waals surface area contributed by atoms with E-state index in [9.17, 15) is 8.42 Å². The van der Waals surface area contributed by atoms with E-state index in [2.05, 4.69) is 0 Å². The highest BCUT2D eigenvalue weighted by atomic mass is 32.2. The van der Waals surface area contributed by atoms with Crippen molar-refractivity contribution in [2.45, 2.75) is 45.1 Å². The third-order valence-corrected chi connectivity index (χ3v) is 5.06. The first kappa shape index (κ1) is 13.9. The molecule has 1 aliphatic rings. The Bertz CT molecular complexity index is 335. The van der Waals surface area contributed by atoms with Crippen LogP contribution in [0.1, 0.15) is 39.0 Å². The molecule has 1 aliphatic carbocycles. The van der Waals surface area contributed by atoms with Crippen molar-refractivity contribution in [2.75, 3.05) is 12.3 Å². The largest absolute Gasteiger partial charge is 0.392 e. The Labute approximate surface area is 103 Å². The van der Waals surface area contributed by atoms with Crippen LogP contribution in [0.3, 0.4) is 0 Å². The van der Waals surface area contributed by atoms with Gasteiger partial charge in [-0.15, -0.1) is 0 Å². The third-order valence-electron chi connectivity index (χ3n) is 2.86. The zero-order valence-electron chi connectivity index (χ0n) is 9.68. The molecule has 6 heteroatoms. The average molecular weight is 264 g/mol. The van der Waals surface area contributed by atoms with Crippen LogP contribution in [0.5, 0.6) is 0 Å². The fraction of sp³-hybridized carbons (Fsp3) is 0.900. The van der Waals surface area contributed by atoms with Crippen molar-refractivity contribution in [1.29, 1.82) is 0 Å². The van der Waals surface area contributed by atoms with E-state index in [4.69, 9.17) is 18.0 Å². The summed E-state index contributed by atoms with van der Waals surface area (Å²) in [7, 11) is -3.19. The van der Waals surface area contributed by atoms with E-state index in [0.717, 1.165) is 25.7 Å². The van der Waals surface area contributed by atoms with E-state index in [1.807, 2.05) is 6.92 Å². The molecular weight excluding hydrogens is 244 g/mol. The molecule has 0 atom stereocenters. The van der Waals surface area contributed by atoms with Crippen LogP contribution in [-0.2, 0) is 10.0 Å². The lowest BCUT2D eigenvalue weighted by atomic mass is 10.2. The van der Waals surface area contributed by atoms with E-state index in [0.29, 0.717) is 6.42 Å². The van der Waals surface area contributed by atoms with E-state index in [1.165, 1.54) is 4.31 Å². The first-order valence-electron chi connectivity index (χ1n) is 5.75. The summed E-state index contributed by atoms with van der Waals surface area (Å²) in [4.78, 5) is 0.256. The second kappa shape index (κ2) is 5.93. The normalized spacial score (nSPS) is 18.1. The quantitative estimate of drug-likeness (QED) is 0.734. The van der Waals surface area contributed by atoms with Crippen molar-refractivity contribution in [3.63, 3.8) is 0 Å². The molecule has 1 saturated carbocycles. The molecule has 1 fully saturated rings. The number of sulfonamides is 1. The van der Waals surface area contributed by atoms with Gasteiger partial charge in [0.2, 0.25) is 10.0 Å². The molecule has 0 aromatic heterocycles. The molecule has 0 aromatic rings. The topological polar surface area (TPSA) is 63.4 Å². The Morgan fingerprint density at radius 3 is 2.44 bits per heavy atom. The number of hydrogen-bond acceptors (Lipinski definition) is 3. The van der Waals surface area contributed by atoms with Gasteiger partial charge in [-0.2, -0.15) is 4.31 Å². The molecule has 4 nitrogen and oxygen atoms in total. The molecule has 16 heavy (non-hydrogen) atoms. The molecule has 94 valence electrons. The minimum Gasteiger partial charge on any atom is -0.392 e. The summed E-state index contributed by atoms with van der Waals surface area (Å²) >= 11 is 4.83. The van der Waals surface area contributed by atoms with Crippen molar-refractivity contribution in [3.05, 3.63) is 0 Å². The fourth-order valence-electron chi connectivity index (χ4n) is 2.18. The van der Waals surface area contributed by atoms with Gasteiger partial charge in [0.05, 0.1) is 17.3 Å². The molecule has 0 saturated heterocycles. The maximum atomic E-state index is 12.1. The van der Waals surface area contributed by atoms with Crippen molar-refractivity contribution in [1.82, 2.24) is 4.31 Å². The van der Waals surface area contributed by atoms with Crippen LogP contribution >= 0.6 is 12.2 Å². The Morgan fingerprint density at radius 1 is 1.44 bits per heavy atom. The minimum atomic E-state index is -3.19. The monoisotopic (exact) mass is 264 g/mol. The van der Waals surface area contributed by atoms with Crippen LogP contribution in [0.2, 0.25) is 0 Å². The Balaban J connectivity index is 2.81. The molecule has 0 unspecified atom stereocenters. The standard InChI is InChI=1S/C10H20N2O2S2/c1-2-7-16(13,14)12(8-10(11)15)9-5-3-4-6-9/h9H,2-8H2,1H3,(H2,11,15). The van der Waals surface area contributed by atoms with Gasteiger partial charge in [0.15, 0.2) is 0 Å². The van der Waals surface area contributed by atoms with Crippen LogP contribution in [0.25, 0.3) is 0 Å². The Hall–Kier alpha value is -0.200. The van der Waals surface area contributed by atoms with Gasteiger partial charge in [0.1, 0.15) is 0 Å². The van der Waals surface area contributed by atoms with E-state index < -0.39 is 10.0 Å². The zero-order valence-corrected chi connectivity index (χ0v) is 11.3. The summed E-state index contributed by atoms with van der Waals surface area (Å²) in [5, 5.41) is 0. The van der Waals surface area contributed by atoms with Gasteiger partial charge in [-0.1, -0.05) is 32.0 Å². The van der Waals surface area contributed by atoms with Gasteiger partial charge < -0.3 is 5.73 Å². The molecule has 0 amide bonds. The van der Waals surface area contributed by atoms with Crippen molar-refractivity contribution >= 4 is 27.2 Å². The van der Waals surface area contributed by atoms with Gasteiger partial charge in [-0.25, -0.2) is 8.42 Å². The smallest absolute Gasteiger partial charge is 0.214 e. The molecule has 1 rings (SSSR count). The number of rotatable bonds is 6. The summed E-state index contributed by atoms with van der Waals surface area (Å²) in [5.74, 6) is 0.187. The Kier molecular flexibility index (Phi) is 5.14. The molecule has 0 radical (unpaired) electrons. The van der Waals surface area contributed by atoms with E-state index in [1.54, 1.807) is 0 Å². The minimum absolute atomic E-state index is 0.109. The van der Waals surface area contributed by atoms with Gasteiger partial charge >= 0.3 is 0 Å². The first-order chi connectivity index (χ1) is 7.47. The maximum absolute atomic E-state index is 12.1. The highest BCUT2D eigenvalue weighted by Crippen LogP contribution is 2.25. The molecule has 0 spiro atoms. The lowest BCUT2D eigenvalue weighted by Crippen LogP contribution is -2.44. The van der Waals surface area contributed by atoms with Crippen molar-refractivity contribution in [3.8, 4) is 0 Å². The first-order valence-corrected chi connectivity index (χ1v) is 7.77. The van der Waals surface area contributed by atoms with Crippen molar-refractivity contribution in [2.24, 2.45) is 5.73 Å². The molecule has 2 N–H and O–H groups in total. The summed E-state index contributed by atoms with van der Waals surface area (Å²) in [5.41, 5.74) is 5.48. The molecular formula is C10H20N2O2S2. The lowest BCUT2D eigenvalue weighted by molar-refractivity contribution is 0.355. The number of hydrogen-bond donors (Lipinski definition) is 1. The summed E-state index contributed by atoms with van der Waals surface area (Å²) in [6, 6.07) is 0.109. The van der Waals surface area contributed by atoms with Crippen LogP contribution in [-0.4, -0.2) is 36.1 Å². The number of thiocarbonyl (C=S) groups is 1. The van der Waals surface area contributed by atoms with Crippen molar-refractivity contribution < 1.29 is 8.42 Å². The summed E-state index contributed by atoms with van der Waals surface area (Å²) < 4.78 is 25.6. The van der Waals surface area contributed by atoms with E-state index in [-0.39, 0.29) is 23.3 Å². The second-order valence-corrected chi connectivity index (χ2v) is 6.83. The Morgan fingerprint density at radius 2 is 2.00 bits per heavy atom. The predicted octanol–water partition coefficient (Wildman–Crippen LogP) is 1.26. The number of nitrogens with two attached hydrogens (primary N) is 1. The predicted molar refractivity (Wildman–Crippen MR) is 69.8 cm³/mol. The van der Waals surface area contributed by atoms with Crippen LogP contribution in [0.4, 0.5) is 0 Å². The SMILES string of the molecule is CCCS(=O)(=O)N(CC(N)=S)C1CCCC1. The van der Waals surface area contributed by atoms with Crippen LogP contribution in [0, 0.1) is 0 Å². The molecule has 0 heterocycles. The maximum Gasteiger partial charge on any atom is 0.214 e. The zero-order chi connectivity index (χ0) is 12.2. The lowest BCUT2D eigenvalue weighted by Gasteiger charge is -2.27. The summed E-state index contributed by atoms with van der Waals surface area (Å²) in [6.07, 6.45) is 4.69. The van der Waals surface area contributed by atoms with Gasteiger partial charge in [-0.05, 0) is 19.3 Å². The second-order valence-electron chi connectivity index (χ2n) is 4.27. The average Bonchev–Trinajstić information content (AvgIpc) is 2.66. The highest BCUT2D eigenvalue weighted by molar-refractivity contribution is 7.89. The fourth-order valence-corrected chi connectivity index (χ4v) is 4.15. The molecule has 0 aliphatic heterocycles.